The summed E-state index contributed by atoms with van der Waals surface area (Å²) in [6.07, 6.45) is 3.44. The fraction of sp³-hybridized carbons (Fsp3) is 0.550. The lowest BCUT2D eigenvalue weighted by Crippen LogP contribution is -2.31. The van der Waals surface area contributed by atoms with Crippen molar-refractivity contribution in [3.8, 4) is 5.75 Å². The van der Waals surface area contributed by atoms with Crippen LogP contribution in [0.4, 0.5) is 0 Å². The maximum absolute atomic E-state index is 13.3. The predicted molar refractivity (Wildman–Crippen MR) is 105 cm³/mol. The molecule has 152 valence electrons. The van der Waals surface area contributed by atoms with Crippen LogP contribution in [0.15, 0.2) is 29.2 Å². The minimum Gasteiger partial charge on any atom is -0.497 e. The lowest BCUT2D eigenvalue weighted by molar-refractivity contribution is 0.107. The molecule has 4 rings (SSSR count). The summed E-state index contributed by atoms with van der Waals surface area (Å²) >= 11 is 0. The van der Waals surface area contributed by atoms with Crippen molar-refractivity contribution in [2.75, 3.05) is 20.3 Å². The number of rotatable bonds is 6. The first kappa shape index (κ1) is 19.4. The van der Waals surface area contributed by atoms with E-state index in [0.717, 1.165) is 43.5 Å². The molecule has 0 radical (unpaired) electrons. The summed E-state index contributed by atoms with van der Waals surface area (Å²) in [5.41, 5.74) is 3.16. The van der Waals surface area contributed by atoms with Crippen LogP contribution in [0.1, 0.15) is 49.2 Å². The molecule has 0 N–H and O–H groups in total. The van der Waals surface area contributed by atoms with Crippen molar-refractivity contribution < 1.29 is 17.9 Å². The molecule has 2 aliphatic heterocycles. The van der Waals surface area contributed by atoms with Gasteiger partial charge >= 0.3 is 0 Å². The van der Waals surface area contributed by atoms with Gasteiger partial charge in [0.15, 0.2) is 0 Å². The van der Waals surface area contributed by atoms with Crippen molar-refractivity contribution in [3.63, 3.8) is 0 Å². The zero-order chi connectivity index (χ0) is 19.7. The van der Waals surface area contributed by atoms with E-state index in [2.05, 4.69) is 11.6 Å². The second-order valence-corrected chi connectivity index (χ2v) is 9.18. The number of hydrogen-bond donors (Lipinski definition) is 0. The minimum atomic E-state index is -3.60. The largest absolute Gasteiger partial charge is 0.497 e. The molecule has 8 heteroatoms. The van der Waals surface area contributed by atoms with E-state index in [-0.39, 0.29) is 6.04 Å². The highest BCUT2D eigenvalue weighted by molar-refractivity contribution is 7.89. The van der Waals surface area contributed by atoms with Gasteiger partial charge in [0.1, 0.15) is 5.75 Å². The Bertz CT molecular complexity index is 937. The molecule has 0 bridgehead atoms. The van der Waals surface area contributed by atoms with E-state index < -0.39 is 10.0 Å². The summed E-state index contributed by atoms with van der Waals surface area (Å²) < 4.78 is 41.2. The fourth-order valence-corrected chi connectivity index (χ4v) is 5.84. The second-order valence-electron chi connectivity index (χ2n) is 7.29. The van der Waals surface area contributed by atoms with Gasteiger partial charge in [0.05, 0.1) is 37.0 Å². The quantitative estimate of drug-likeness (QED) is 0.739. The number of hydrogen-bond acceptors (Lipinski definition) is 5. The third-order valence-electron chi connectivity index (χ3n) is 5.55. The number of aryl methyl sites for hydroxylation is 1. The number of fused-ring (bicyclic) bond motifs is 1. The Kier molecular flexibility index (Phi) is 5.44. The Balaban J connectivity index is 1.70. The van der Waals surface area contributed by atoms with Gasteiger partial charge in [-0.25, -0.2) is 8.42 Å². The van der Waals surface area contributed by atoms with E-state index in [9.17, 15) is 8.42 Å². The van der Waals surface area contributed by atoms with E-state index in [0.29, 0.717) is 30.4 Å². The number of sulfonamides is 1. The maximum Gasteiger partial charge on any atom is 0.243 e. The van der Waals surface area contributed by atoms with Crippen LogP contribution in [-0.4, -0.2) is 42.8 Å². The number of methoxy groups -OCH3 is 1. The molecule has 2 aromatic rings. The molecule has 0 amide bonds. The Labute approximate surface area is 166 Å². The molecule has 1 aromatic carbocycles. The average molecular weight is 406 g/mol. The third-order valence-corrected chi connectivity index (χ3v) is 7.47. The number of nitrogens with zero attached hydrogens (tertiary/aromatic N) is 3. The van der Waals surface area contributed by atoms with E-state index in [1.807, 2.05) is 0 Å². The van der Waals surface area contributed by atoms with Crippen LogP contribution < -0.4 is 4.74 Å². The third kappa shape index (κ3) is 3.33. The normalized spacial score (nSPS) is 20.3. The Morgan fingerprint density at radius 2 is 2.07 bits per heavy atom. The molecule has 1 saturated heterocycles. The average Bonchev–Trinajstić information content (AvgIpc) is 3.34. The lowest BCUT2D eigenvalue weighted by atomic mass is 10.0. The van der Waals surface area contributed by atoms with Gasteiger partial charge in [-0.3, -0.25) is 4.68 Å². The van der Waals surface area contributed by atoms with E-state index in [1.165, 1.54) is 5.69 Å². The smallest absolute Gasteiger partial charge is 0.243 e. The highest BCUT2D eigenvalue weighted by Gasteiger charge is 2.40. The molecule has 28 heavy (non-hydrogen) atoms. The van der Waals surface area contributed by atoms with E-state index >= 15 is 0 Å². The van der Waals surface area contributed by atoms with Gasteiger partial charge in [0.25, 0.3) is 0 Å². The predicted octanol–water partition coefficient (Wildman–Crippen LogP) is 2.90. The summed E-state index contributed by atoms with van der Waals surface area (Å²) in [7, 11) is -2.04. The van der Waals surface area contributed by atoms with Crippen LogP contribution >= 0.6 is 0 Å². The van der Waals surface area contributed by atoms with E-state index in [1.54, 1.807) is 35.7 Å². The fourth-order valence-electron chi connectivity index (χ4n) is 4.18. The first-order valence-corrected chi connectivity index (χ1v) is 11.3. The summed E-state index contributed by atoms with van der Waals surface area (Å²) in [4.78, 5) is 0.290. The number of ether oxygens (including phenoxy) is 2. The van der Waals surface area contributed by atoms with Crippen LogP contribution in [-0.2, 0) is 34.3 Å². The first-order valence-electron chi connectivity index (χ1n) is 9.88. The molecule has 7 nitrogen and oxygen atoms in total. The van der Waals surface area contributed by atoms with Crippen molar-refractivity contribution in [1.29, 1.82) is 0 Å². The van der Waals surface area contributed by atoms with Crippen LogP contribution in [0.3, 0.4) is 0 Å². The maximum atomic E-state index is 13.3. The molecule has 3 heterocycles. The van der Waals surface area contributed by atoms with Gasteiger partial charge in [-0.15, -0.1) is 0 Å². The Morgan fingerprint density at radius 1 is 1.29 bits per heavy atom. The molecule has 1 aromatic heterocycles. The molecular weight excluding hydrogens is 378 g/mol. The van der Waals surface area contributed by atoms with Crippen LogP contribution in [0.25, 0.3) is 0 Å². The Morgan fingerprint density at radius 3 is 2.79 bits per heavy atom. The Hall–Kier alpha value is -1.90. The standard InChI is InChI=1S/C20H27N3O4S/c1-3-11-22-18-10-13-27-14-17(18)20(21-22)19-5-4-12-23(19)28(24,25)16-8-6-15(26-2)7-9-16/h6-9,19H,3-5,10-14H2,1-2H3. The molecular formula is C20H27N3O4S. The molecule has 1 atom stereocenters. The van der Waals surface area contributed by atoms with Gasteiger partial charge < -0.3 is 9.47 Å². The molecule has 0 aliphatic carbocycles. The van der Waals surface area contributed by atoms with Gasteiger partial charge in [-0.1, -0.05) is 6.92 Å². The van der Waals surface area contributed by atoms with Crippen molar-refractivity contribution in [3.05, 3.63) is 41.2 Å². The molecule has 1 fully saturated rings. The van der Waals surface area contributed by atoms with Gasteiger partial charge in [0.2, 0.25) is 10.0 Å². The van der Waals surface area contributed by atoms with Crippen molar-refractivity contribution in [2.45, 2.75) is 56.7 Å². The second kappa shape index (κ2) is 7.85. The van der Waals surface area contributed by atoms with Crippen molar-refractivity contribution >= 4 is 10.0 Å². The summed E-state index contributed by atoms with van der Waals surface area (Å²) in [5, 5.41) is 4.86. The zero-order valence-electron chi connectivity index (χ0n) is 16.4. The van der Waals surface area contributed by atoms with Gasteiger partial charge in [0, 0.05) is 30.8 Å². The molecule has 2 aliphatic rings. The van der Waals surface area contributed by atoms with Crippen LogP contribution in [0.2, 0.25) is 0 Å². The topological polar surface area (TPSA) is 73.7 Å². The number of benzene rings is 1. The number of aromatic nitrogens is 2. The van der Waals surface area contributed by atoms with Crippen molar-refractivity contribution in [2.24, 2.45) is 0 Å². The highest BCUT2D eigenvalue weighted by atomic mass is 32.2. The summed E-state index contributed by atoms with van der Waals surface area (Å²) in [6.45, 7) is 4.69. The molecule has 0 spiro atoms. The zero-order valence-corrected chi connectivity index (χ0v) is 17.2. The first-order chi connectivity index (χ1) is 13.6. The van der Waals surface area contributed by atoms with Gasteiger partial charge in [-0.2, -0.15) is 9.40 Å². The molecule has 0 saturated carbocycles. The van der Waals surface area contributed by atoms with Crippen LogP contribution in [0.5, 0.6) is 5.75 Å². The van der Waals surface area contributed by atoms with Crippen LogP contribution in [0, 0.1) is 0 Å². The van der Waals surface area contributed by atoms with Crippen molar-refractivity contribution in [1.82, 2.24) is 14.1 Å². The summed E-state index contributed by atoms with van der Waals surface area (Å²) in [5.74, 6) is 0.640. The van der Waals surface area contributed by atoms with Gasteiger partial charge in [-0.05, 0) is 43.5 Å². The SMILES string of the molecule is CCCn1nc(C2CCCN2S(=O)(=O)c2ccc(OC)cc2)c2c1CCOC2. The lowest BCUT2D eigenvalue weighted by Gasteiger charge is -2.24. The minimum absolute atomic E-state index is 0.236. The summed E-state index contributed by atoms with van der Waals surface area (Å²) in [6, 6.07) is 6.35. The highest BCUT2D eigenvalue weighted by Crippen LogP contribution is 2.39. The monoisotopic (exact) mass is 405 g/mol. The van der Waals surface area contributed by atoms with E-state index in [4.69, 9.17) is 14.6 Å². The molecule has 1 unspecified atom stereocenters.